The Morgan fingerprint density at radius 2 is 2.10 bits per heavy atom. The number of hydrogen-bond donors (Lipinski definition) is 2. The smallest absolute Gasteiger partial charge is 0.306 e. The number of benzene rings is 1. The Morgan fingerprint density at radius 1 is 1.38 bits per heavy atom. The summed E-state index contributed by atoms with van der Waals surface area (Å²) in [4.78, 5) is 33.2. The molecular weight excluding hydrogens is 300 g/mol. The highest BCUT2D eigenvalue weighted by molar-refractivity contribution is 6.31. The maximum atomic E-state index is 12.1. The topological polar surface area (TPSA) is 110 Å². The maximum Gasteiger partial charge on any atom is 0.306 e. The lowest BCUT2D eigenvalue weighted by Gasteiger charge is -2.12. The maximum absolute atomic E-state index is 12.1. The van der Waals surface area contributed by atoms with Gasteiger partial charge in [0.25, 0.3) is 11.6 Å². The molecule has 2 N–H and O–H groups in total. The van der Waals surface area contributed by atoms with Gasteiger partial charge < -0.3 is 10.4 Å². The van der Waals surface area contributed by atoms with Crippen molar-refractivity contribution < 1.29 is 19.6 Å². The quantitative estimate of drug-likeness (QED) is 0.654. The first-order valence-corrected chi connectivity index (χ1v) is 6.74. The summed E-state index contributed by atoms with van der Waals surface area (Å²) < 4.78 is 0. The zero-order chi connectivity index (χ0) is 15.6. The van der Waals surface area contributed by atoms with Crippen LogP contribution in [-0.4, -0.2) is 27.9 Å². The molecule has 1 aromatic carbocycles. The van der Waals surface area contributed by atoms with E-state index in [1.54, 1.807) is 0 Å². The molecule has 0 aliphatic heterocycles. The highest BCUT2D eigenvalue weighted by Crippen LogP contribution is 2.27. The van der Waals surface area contributed by atoms with Crippen LogP contribution in [0.1, 0.15) is 29.6 Å². The number of rotatable bonds is 4. The number of carbonyl (C=O) groups excluding carboxylic acids is 1. The molecule has 0 saturated heterocycles. The van der Waals surface area contributed by atoms with E-state index in [0.29, 0.717) is 19.3 Å². The molecule has 1 aliphatic carbocycles. The second-order valence-corrected chi connectivity index (χ2v) is 5.37. The number of amides is 1. The number of nitrogens with zero attached hydrogens (tertiary/aromatic N) is 1. The van der Waals surface area contributed by atoms with Crippen molar-refractivity contribution in [2.24, 2.45) is 5.92 Å². The Bertz CT molecular complexity index is 604. The molecule has 1 aromatic rings. The summed E-state index contributed by atoms with van der Waals surface area (Å²) in [6.45, 7) is 0. The Morgan fingerprint density at radius 3 is 2.67 bits per heavy atom. The molecule has 2 rings (SSSR count). The molecule has 0 spiro atoms. The number of aliphatic carboxylic acids is 1. The molecule has 2 atom stereocenters. The third-order valence-corrected chi connectivity index (χ3v) is 3.75. The first kappa shape index (κ1) is 15.2. The van der Waals surface area contributed by atoms with Gasteiger partial charge in [0.05, 0.1) is 10.8 Å². The van der Waals surface area contributed by atoms with Gasteiger partial charge >= 0.3 is 5.97 Å². The van der Waals surface area contributed by atoms with Crippen LogP contribution in [0.5, 0.6) is 0 Å². The number of hydrogen-bond acceptors (Lipinski definition) is 4. The molecule has 1 aliphatic rings. The zero-order valence-electron chi connectivity index (χ0n) is 10.9. The van der Waals surface area contributed by atoms with Gasteiger partial charge in [0.1, 0.15) is 5.56 Å². The molecular formula is C13H13ClN2O5. The first-order chi connectivity index (χ1) is 9.88. The first-order valence-electron chi connectivity index (χ1n) is 6.36. The molecule has 0 bridgehead atoms. The van der Waals surface area contributed by atoms with Crippen molar-refractivity contribution in [3.8, 4) is 0 Å². The van der Waals surface area contributed by atoms with E-state index in [1.807, 2.05) is 0 Å². The number of carbonyl (C=O) groups is 2. The third-order valence-electron chi connectivity index (χ3n) is 3.52. The van der Waals surface area contributed by atoms with Crippen LogP contribution in [0, 0.1) is 16.0 Å². The van der Waals surface area contributed by atoms with E-state index in [2.05, 4.69) is 5.32 Å². The summed E-state index contributed by atoms with van der Waals surface area (Å²) in [5, 5.41) is 22.7. The summed E-state index contributed by atoms with van der Waals surface area (Å²) in [7, 11) is 0. The predicted octanol–water partition coefficient (Wildman–Crippen LogP) is 2.23. The molecule has 21 heavy (non-hydrogen) atoms. The van der Waals surface area contributed by atoms with Crippen molar-refractivity contribution >= 4 is 29.2 Å². The van der Waals surface area contributed by atoms with Gasteiger partial charge in [-0.3, -0.25) is 19.7 Å². The largest absolute Gasteiger partial charge is 0.481 e. The van der Waals surface area contributed by atoms with Crippen LogP contribution in [0.4, 0.5) is 5.69 Å². The van der Waals surface area contributed by atoms with E-state index < -0.39 is 22.7 Å². The Labute approximate surface area is 125 Å². The molecule has 0 radical (unpaired) electrons. The molecule has 0 unspecified atom stereocenters. The average Bonchev–Trinajstić information content (AvgIpc) is 2.87. The van der Waals surface area contributed by atoms with Gasteiger partial charge in [-0.25, -0.2) is 0 Å². The second kappa shape index (κ2) is 6.09. The number of nitrogens with one attached hydrogen (secondary N) is 1. The van der Waals surface area contributed by atoms with Crippen LogP contribution < -0.4 is 5.32 Å². The van der Waals surface area contributed by atoms with Gasteiger partial charge in [0.2, 0.25) is 0 Å². The van der Waals surface area contributed by atoms with E-state index in [4.69, 9.17) is 16.7 Å². The van der Waals surface area contributed by atoms with Crippen LogP contribution in [0.15, 0.2) is 18.2 Å². The number of carboxylic acids is 1. The lowest BCUT2D eigenvalue weighted by molar-refractivity contribution is -0.385. The minimum atomic E-state index is -0.885. The monoisotopic (exact) mass is 312 g/mol. The van der Waals surface area contributed by atoms with E-state index >= 15 is 0 Å². The highest BCUT2D eigenvalue weighted by Gasteiger charge is 2.31. The van der Waals surface area contributed by atoms with Crippen molar-refractivity contribution in [2.75, 3.05) is 0 Å². The number of carboxylic acid groups (broad SMARTS) is 1. The van der Waals surface area contributed by atoms with Gasteiger partial charge in [-0.15, -0.1) is 0 Å². The summed E-state index contributed by atoms with van der Waals surface area (Å²) in [5.41, 5.74) is -0.448. The zero-order valence-corrected chi connectivity index (χ0v) is 11.7. The summed E-state index contributed by atoms with van der Waals surface area (Å²) in [5.74, 6) is -1.95. The lowest BCUT2D eigenvalue weighted by atomic mass is 10.1. The van der Waals surface area contributed by atoms with E-state index in [9.17, 15) is 19.7 Å². The Kier molecular flexibility index (Phi) is 4.42. The van der Waals surface area contributed by atoms with Crippen molar-refractivity contribution in [1.82, 2.24) is 5.32 Å². The fourth-order valence-electron chi connectivity index (χ4n) is 2.45. The Balaban J connectivity index is 2.11. The van der Waals surface area contributed by atoms with Gasteiger partial charge in [-0.05, 0) is 31.4 Å². The summed E-state index contributed by atoms with van der Waals surface area (Å²) in [6.07, 6.45) is 1.37. The van der Waals surface area contributed by atoms with Crippen molar-refractivity contribution in [3.05, 3.63) is 38.9 Å². The van der Waals surface area contributed by atoms with Gasteiger partial charge in [0, 0.05) is 17.1 Å². The minimum absolute atomic E-state index is 0.0804. The number of halogens is 1. The van der Waals surface area contributed by atoms with Crippen LogP contribution >= 0.6 is 11.6 Å². The van der Waals surface area contributed by atoms with Crippen molar-refractivity contribution in [1.29, 1.82) is 0 Å². The fourth-order valence-corrected chi connectivity index (χ4v) is 2.61. The van der Waals surface area contributed by atoms with Crippen molar-refractivity contribution in [3.63, 3.8) is 0 Å². The summed E-state index contributed by atoms with van der Waals surface area (Å²) in [6, 6.07) is 3.52. The minimum Gasteiger partial charge on any atom is -0.481 e. The van der Waals surface area contributed by atoms with Crippen LogP contribution in [0.25, 0.3) is 0 Å². The molecule has 7 nitrogen and oxygen atoms in total. The van der Waals surface area contributed by atoms with E-state index in [-0.39, 0.29) is 22.3 Å². The third kappa shape index (κ3) is 3.49. The predicted molar refractivity (Wildman–Crippen MR) is 74.3 cm³/mol. The molecule has 1 amide bonds. The second-order valence-electron chi connectivity index (χ2n) is 4.94. The van der Waals surface area contributed by atoms with Crippen LogP contribution in [-0.2, 0) is 4.79 Å². The molecule has 0 heterocycles. The van der Waals surface area contributed by atoms with E-state index in [0.717, 1.165) is 6.07 Å². The van der Waals surface area contributed by atoms with E-state index in [1.165, 1.54) is 12.1 Å². The Hall–Kier alpha value is -2.15. The van der Waals surface area contributed by atoms with Crippen LogP contribution in [0.3, 0.4) is 0 Å². The SMILES string of the molecule is O=C(N[C@@H]1CC[C@H](C(=O)O)C1)c1ccc(Cl)cc1[N+](=O)[O-]. The average molecular weight is 313 g/mol. The fraction of sp³-hybridized carbons (Fsp3) is 0.385. The molecule has 1 fully saturated rings. The van der Waals surface area contributed by atoms with Gasteiger partial charge in [-0.2, -0.15) is 0 Å². The molecule has 112 valence electrons. The molecule has 8 heteroatoms. The van der Waals surface area contributed by atoms with Gasteiger partial charge in [0.15, 0.2) is 0 Å². The highest BCUT2D eigenvalue weighted by atomic mass is 35.5. The standard InChI is InChI=1S/C13H13ClN2O5/c14-8-2-4-10(11(6-8)16(20)21)12(17)15-9-3-1-7(5-9)13(18)19/h2,4,6-7,9H,1,3,5H2,(H,15,17)(H,18,19)/t7-,9+/m0/s1. The normalized spacial score (nSPS) is 21.0. The number of nitro groups is 1. The van der Waals surface area contributed by atoms with Crippen LogP contribution in [0.2, 0.25) is 5.02 Å². The molecule has 0 aromatic heterocycles. The van der Waals surface area contributed by atoms with Gasteiger partial charge in [-0.1, -0.05) is 11.6 Å². The lowest BCUT2D eigenvalue weighted by Crippen LogP contribution is -2.33. The van der Waals surface area contributed by atoms with Crippen molar-refractivity contribution in [2.45, 2.75) is 25.3 Å². The summed E-state index contributed by atoms with van der Waals surface area (Å²) >= 11 is 5.69. The number of nitro benzene ring substituents is 1. The molecule has 1 saturated carbocycles.